The van der Waals surface area contributed by atoms with Gasteiger partial charge in [0.1, 0.15) is 0 Å². The number of phosphoric acid groups is 2. The van der Waals surface area contributed by atoms with Crippen molar-refractivity contribution >= 4 is 27.0 Å². The van der Waals surface area contributed by atoms with Gasteiger partial charge in [0.25, 0.3) is 11.4 Å². The fourth-order valence-electron chi connectivity index (χ4n) is 0.139. The summed E-state index contributed by atoms with van der Waals surface area (Å²) < 4.78 is 45.0. The molecule has 13 heteroatoms. The third kappa shape index (κ3) is 32.8. The summed E-state index contributed by atoms with van der Waals surface area (Å²) >= 11 is -2.61. The maximum atomic E-state index is 9.63. The fraction of sp³-hybridized carbons (Fsp3) is 0. The van der Waals surface area contributed by atoms with Crippen molar-refractivity contribution in [1.29, 1.82) is 0 Å². The molecule has 0 heterocycles. The van der Waals surface area contributed by atoms with E-state index in [2.05, 4.69) is 4.31 Å². The highest BCUT2D eigenvalue weighted by Crippen LogP contribution is 2.53. The van der Waals surface area contributed by atoms with Crippen LogP contribution >= 0.6 is 15.6 Å². The molecule has 0 spiro atoms. The topological polar surface area (TPSA) is 182 Å². The molecule has 0 aromatic rings. The van der Waals surface area contributed by atoms with E-state index in [1.54, 1.807) is 0 Å². The van der Waals surface area contributed by atoms with E-state index in [0.29, 0.717) is 0 Å². The lowest BCUT2D eigenvalue weighted by Crippen LogP contribution is -1.84. The van der Waals surface area contributed by atoms with Crippen molar-refractivity contribution in [2.24, 2.45) is 0 Å². The normalized spacial score (nSPS) is 12.2. The van der Waals surface area contributed by atoms with Crippen molar-refractivity contribution in [1.82, 2.24) is 0 Å². The van der Waals surface area contributed by atoms with E-state index >= 15 is 0 Å². The Morgan fingerprint density at radius 2 is 1.08 bits per heavy atom. The van der Waals surface area contributed by atoms with Gasteiger partial charge in [-0.15, -0.1) is 0 Å². The molecule has 0 aliphatic heterocycles. The van der Waals surface area contributed by atoms with Crippen LogP contribution in [0.5, 0.6) is 0 Å². The van der Waals surface area contributed by atoms with E-state index in [-0.39, 0.29) is 0 Å². The first-order valence-corrected chi connectivity index (χ1v) is 6.19. The number of hydrogen-bond acceptors (Lipinski definition) is 4. The smallest absolute Gasteiger partial charge is 0.302 e. The first-order valence-electron chi connectivity index (χ1n) is 2.06. The van der Waals surface area contributed by atoms with Gasteiger partial charge in [-0.3, -0.25) is 9.11 Å². The Morgan fingerprint density at radius 1 is 0.923 bits per heavy atom. The van der Waals surface area contributed by atoms with Gasteiger partial charge in [0.05, 0.1) is 0 Å². The van der Waals surface area contributed by atoms with E-state index in [0.717, 1.165) is 0 Å². The second-order valence-electron chi connectivity index (χ2n) is 1.29. The highest BCUT2D eigenvalue weighted by Gasteiger charge is 2.27. The Labute approximate surface area is 74.2 Å². The third-order valence-electron chi connectivity index (χ3n) is 0.213. The number of hydrogen-bond donors (Lipinski definition) is 6. The molecule has 0 radical (unpaired) electrons. The minimum Gasteiger partial charge on any atom is -0.302 e. The predicted molar refractivity (Wildman–Crippen MR) is 38.6 cm³/mol. The van der Waals surface area contributed by atoms with Gasteiger partial charge in [-0.05, 0) is 0 Å². The molecule has 0 bridgehead atoms. The maximum Gasteiger partial charge on any atom is 0.478 e. The van der Waals surface area contributed by atoms with Crippen molar-refractivity contribution in [3.63, 3.8) is 0 Å². The van der Waals surface area contributed by atoms with Crippen LogP contribution in [0.4, 0.5) is 0 Å². The molecule has 10 nitrogen and oxygen atoms in total. The van der Waals surface area contributed by atoms with Gasteiger partial charge in [0.2, 0.25) is 0 Å². The summed E-state index contributed by atoms with van der Waals surface area (Å²) in [5.41, 5.74) is 0. The van der Waals surface area contributed by atoms with Crippen molar-refractivity contribution in [2.75, 3.05) is 0 Å². The van der Waals surface area contributed by atoms with Gasteiger partial charge in [-0.1, -0.05) is 0 Å². The SMILES string of the molecule is O=P(O)(O)OP(=O)(O)O.O=S(O)O. The van der Waals surface area contributed by atoms with Gasteiger partial charge in [0, 0.05) is 0 Å². The minimum absolute atomic E-state index is 2.61. The summed E-state index contributed by atoms with van der Waals surface area (Å²) in [6.07, 6.45) is 0. The summed E-state index contributed by atoms with van der Waals surface area (Å²) in [5.74, 6) is 0. The van der Waals surface area contributed by atoms with Crippen LogP contribution in [0.1, 0.15) is 0 Å². The minimum atomic E-state index is -5.05. The van der Waals surface area contributed by atoms with Crippen LogP contribution in [-0.2, 0) is 24.8 Å². The van der Waals surface area contributed by atoms with Gasteiger partial charge in [-0.25, -0.2) is 9.13 Å². The number of rotatable bonds is 2. The lowest BCUT2D eigenvalue weighted by Gasteiger charge is -2.03. The van der Waals surface area contributed by atoms with Crippen LogP contribution in [0.25, 0.3) is 0 Å². The molecule has 0 fully saturated rings. The first-order chi connectivity index (χ1) is 5.44. The average molecular weight is 260 g/mol. The van der Waals surface area contributed by atoms with Crippen LogP contribution in [-0.4, -0.2) is 32.9 Å². The van der Waals surface area contributed by atoms with E-state index < -0.39 is 27.0 Å². The Hall–Kier alpha value is 0.330. The Kier molecular flexibility index (Phi) is 7.21. The lowest BCUT2D eigenvalue weighted by molar-refractivity contribution is 0.225. The van der Waals surface area contributed by atoms with Crippen LogP contribution in [0.2, 0.25) is 0 Å². The van der Waals surface area contributed by atoms with Crippen molar-refractivity contribution in [3.05, 3.63) is 0 Å². The highest BCUT2D eigenvalue weighted by molar-refractivity contribution is 7.73. The molecule has 0 unspecified atom stereocenters. The van der Waals surface area contributed by atoms with E-state index in [4.69, 9.17) is 32.9 Å². The molecule has 0 aromatic heterocycles. The maximum absolute atomic E-state index is 9.63. The molecule has 0 aliphatic carbocycles. The summed E-state index contributed by atoms with van der Waals surface area (Å²) in [7, 11) is -10.1. The summed E-state index contributed by atoms with van der Waals surface area (Å²) in [6.45, 7) is 0. The zero-order valence-electron chi connectivity index (χ0n) is 5.62. The van der Waals surface area contributed by atoms with Crippen LogP contribution < -0.4 is 0 Å². The second kappa shape index (κ2) is 5.94. The average Bonchev–Trinajstić information content (AvgIpc) is 1.47. The molecule has 13 heavy (non-hydrogen) atoms. The summed E-state index contributed by atoms with van der Waals surface area (Å²) in [6, 6.07) is 0. The van der Waals surface area contributed by atoms with Crippen LogP contribution in [0, 0.1) is 0 Å². The Bertz CT molecular complexity index is 218. The standard InChI is InChI=1S/H4O7P2.H2O3S/c1-8(2,3)7-9(4,5)6;1-4(2)3/h(H2,1,2,3)(H2,4,5,6);(H2,1,2,3). The van der Waals surface area contributed by atoms with Gasteiger partial charge >= 0.3 is 15.6 Å². The van der Waals surface area contributed by atoms with Crippen molar-refractivity contribution < 1.29 is 46.3 Å². The molecule has 0 saturated carbocycles. The summed E-state index contributed by atoms with van der Waals surface area (Å²) in [4.78, 5) is 31.0. The molecule has 0 rings (SSSR count). The molecular weight excluding hydrogens is 254 g/mol. The lowest BCUT2D eigenvalue weighted by atomic mass is 15.7. The zero-order valence-corrected chi connectivity index (χ0v) is 8.22. The predicted octanol–water partition coefficient (Wildman–Crippen LogP) is -1.13. The fourth-order valence-corrected chi connectivity index (χ4v) is 1.25. The third-order valence-corrected chi connectivity index (χ3v) is 1.91. The monoisotopic (exact) mass is 260 g/mol. The molecule has 0 atom stereocenters. The molecule has 0 aliphatic rings. The Morgan fingerprint density at radius 3 is 1.08 bits per heavy atom. The largest absolute Gasteiger partial charge is 0.478 e. The molecule has 6 N–H and O–H groups in total. The van der Waals surface area contributed by atoms with Crippen molar-refractivity contribution in [3.8, 4) is 0 Å². The van der Waals surface area contributed by atoms with E-state index in [1.807, 2.05) is 0 Å². The van der Waals surface area contributed by atoms with Crippen molar-refractivity contribution in [2.45, 2.75) is 0 Å². The van der Waals surface area contributed by atoms with E-state index in [9.17, 15) is 9.13 Å². The quantitative estimate of drug-likeness (QED) is 0.262. The van der Waals surface area contributed by atoms with Gasteiger partial charge < -0.3 is 19.6 Å². The Balaban J connectivity index is 0. The second-order valence-corrected chi connectivity index (χ2v) is 4.37. The van der Waals surface area contributed by atoms with Crippen LogP contribution in [0.3, 0.4) is 0 Å². The van der Waals surface area contributed by atoms with Gasteiger partial charge in [0.15, 0.2) is 0 Å². The molecular formula is H6O10P2S. The van der Waals surface area contributed by atoms with Crippen LogP contribution in [0.15, 0.2) is 0 Å². The zero-order chi connectivity index (χ0) is 11.3. The molecule has 0 saturated heterocycles. The molecule has 0 amide bonds. The summed E-state index contributed by atoms with van der Waals surface area (Å²) in [5, 5.41) is 0. The molecule has 0 aromatic carbocycles. The highest BCUT2D eigenvalue weighted by atomic mass is 32.2. The first kappa shape index (κ1) is 15.8. The van der Waals surface area contributed by atoms with Gasteiger partial charge in [-0.2, -0.15) is 8.52 Å². The van der Waals surface area contributed by atoms with E-state index in [1.165, 1.54) is 0 Å². The molecule has 82 valence electrons.